The smallest absolute Gasteiger partial charge is 0.129 e. The van der Waals surface area contributed by atoms with Gasteiger partial charge in [-0.15, -0.1) is 0 Å². The van der Waals surface area contributed by atoms with Crippen molar-refractivity contribution in [1.82, 2.24) is 0 Å². The highest BCUT2D eigenvalue weighted by Crippen LogP contribution is 2.23. The van der Waals surface area contributed by atoms with E-state index in [1.165, 1.54) is 11.1 Å². The summed E-state index contributed by atoms with van der Waals surface area (Å²) in [6.45, 7) is 4.12. The van der Waals surface area contributed by atoms with Gasteiger partial charge in [-0.1, -0.05) is 54.1 Å². The van der Waals surface area contributed by atoms with Crippen molar-refractivity contribution in [3.8, 4) is 11.5 Å². The van der Waals surface area contributed by atoms with E-state index in [1.807, 2.05) is 73.7 Å². The number of anilines is 1. The Labute approximate surface area is 132 Å². The lowest BCUT2D eigenvalue weighted by molar-refractivity contribution is 0.482. The van der Waals surface area contributed by atoms with E-state index < -0.39 is 0 Å². The Morgan fingerprint density at radius 2 is 1.23 bits per heavy atom. The van der Waals surface area contributed by atoms with E-state index in [9.17, 15) is 0 Å². The predicted molar refractivity (Wildman–Crippen MR) is 93.3 cm³/mol. The van der Waals surface area contributed by atoms with Gasteiger partial charge in [-0.2, -0.15) is 0 Å². The van der Waals surface area contributed by atoms with Gasteiger partial charge in [0.25, 0.3) is 0 Å². The summed E-state index contributed by atoms with van der Waals surface area (Å²) in [5.74, 6) is 1.60. The fraction of sp³-hybridized carbons (Fsp3) is 0.100. The summed E-state index contributed by atoms with van der Waals surface area (Å²) in [6.07, 6.45) is 0. The topological polar surface area (TPSA) is 35.2 Å². The number of benzene rings is 3. The average molecular weight is 291 g/mol. The van der Waals surface area contributed by atoms with Crippen LogP contribution in [0.4, 0.5) is 5.69 Å². The molecule has 0 amide bonds. The van der Waals surface area contributed by atoms with Crippen LogP contribution in [0.15, 0.2) is 78.9 Å². The Balaban J connectivity index is 0.000000211. The van der Waals surface area contributed by atoms with Crippen molar-refractivity contribution in [1.29, 1.82) is 0 Å². The van der Waals surface area contributed by atoms with Gasteiger partial charge in [0.05, 0.1) is 0 Å². The van der Waals surface area contributed by atoms with Crippen LogP contribution in [-0.4, -0.2) is 0 Å². The molecule has 0 heterocycles. The van der Waals surface area contributed by atoms with Gasteiger partial charge in [-0.3, -0.25) is 0 Å². The first-order valence-corrected chi connectivity index (χ1v) is 7.25. The number of nitrogen functional groups attached to an aromatic ring is 1. The SMILES string of the molecule is Cc1cccc(Oc2cccc(N)c2)c1.Cc1ccccc1. The van der Waals surface area contributed by atoms with Crippen LogP contribution in [-0.2, 0) is 0 Å². The molecule has 0 atom stereocenters. The molecule has 2 heteroatoms. The average Bonchev–Trinajstić information content (AvgIpc) is 2.49. The van der Waals surface area contributed by atoms with Crippen LogP contribution in [0.1, 0.15) is 11.1 Å². The van der Waals surface area contributed by atoms with Gasteiger partial charge in [-0.25, -0.2) is 0 Å². The van der Waals surface area contributed by atoms with E-state index in [2.05, 4.69) is 19.1 Å². The van der Waals surface area contributed by atoms with E-state index in [4.69, 9.17) is 10.5 Å². The Morgan fingerprint density at radius 3 is 1.77 bits per heavy atom. The van der Waals surface area contributed by atoms with Crippen molar-refractivity contribution < 1.29 is 4.74 Å². The van der Waals surface area contributed by atoms with Crippen LogP contribution in [0.5, 0.6) is 11.5 Å². The summed E-state index contributed by atoms with van der Waals surface area (Å²) in [7, 11) is 0. The quantitative estimate of drug-likeness (QED) is 0.645. The van der Waals surface area contributed by atoms with Crippen molar-refractivity contribution in [2.75, 3.05) is 5.73 Å². The molecule has 0 aliphatic rings. The van der Waals surface area contributed by atoms with E-state index >= 15 is 0 Å². The minimum Gasteiger partial charge on any atom is -0.457 e. The summed E-state index contributed by atoms with van der Waals surface area (Å²) in [5.41, 5.74) is 8.87. The van der Waals surface area contributed by atoms with Gasteiger partial charge in [0.2, 0.25) is 0 Å². The molecule has 0 bridgehead atoms. The monoisotopic (exact) mass is 291 g/mol. The van der Waals surface area contributed by atoms with Crippen LogP contribution in [0.3, 0.4) is 0 Å². The van der Waals surface area contributed by atoms with Crippen LogP contribution >= 0.6 is 0 Å². The minimum atomic E-state index is 0.708. The summed E-state index contributed by atoms with van der Waals surface area (Å²) < 4.78 is 5.66. The second kappa shape index (κ2) is 7.89. The van der Waals surface area contributed by atoms with Gasteiger partial charge in [0, 0.05) is 11.8 Å². The summed E-state index contributed by atoms with van der Waals surface area (Å²) in [5, 5.41) is 0. The van der Waals surface area contributed by atoms with Gasteiger partial charge in [0.1, 0.15) is 11.5 Å². The van der Waals surface area contributed by atoms with Crippen molar-refractivity contribution in [2.45, 2.75) is 13.8 Å². The third-order valence-corrected chi connectivity index (χ3v) is 3.02. The zero-order valence-corrected chi connectivity index (χ0v) is 13.0. The number of hydrogen-bond acceptors (Lipinski definition) is 2. The number of hydrogen-bond donors (Lipinski definition) is 1. The fourth-order valence-corrected chi connectivity index (χ4v) is 1.93. The Bertz CT molecular complexity index is 664. The standard InChI is InChI=1S/C13H13NO.C7H8/c1-10-4-2-6-12(8-10)15-13-7-3-5-11(14)9-13;1-7-5-3-2-4-6-7/h2-9H,14H2,1H3;2-6H,1H3. The lowest BCUT2D eigenvalue weighted by Crippen LogP contribution is -1.87. The summed E-state index contributed by atoms with van der Waals surface area (Å²) >= 11 is 0. The Kier molecular flexibility index (Phi) is 5.61. The van der Waals surface area contributed by atoms with Crippen molar-refractivity contribution in [3.63, 3.8) is 0 Å². The van der Waals surface area contributed by atoms with Crippen LogP contribution < -0.4 is 10.5 Å². The maximum absolute atomic E-state index is 5.66. The van der Waals surface area contributed by atoms with E-state index in [0.717, 1.165) is 11.5 Å². The first kappa shape index (κ1) is 15.6. The molecule has 0 fully saturated rings. The first-order chi connectivity index (χ1) is 10.6. The summed E-state index contributed by atoms with van der Waals surface area (Å²) in [6, 6.07) is 25.6. The highest BCUT2D eigenvalue weighted by atomic mass is 16.5. The molecule has 3 rings (SSSR count). The summed E-state index contributed by atoms with van der Waals surface area (Å²) in [4.78, 5) is 0. The molecule has 0 aromatic heterocycles. The number of ether oxygens (including phenoxy) is 1. The third-order valence-electron chi connectivity index (χ3n) is 3.02. The molecule has 2 N–H and O–H groups in total. The largest absolute Gasteiger partial charge is 0.457 e. The minimum absolute atomic E-state index is 0.708. The van der Waals surface area contributed by atoms with Crippen molar-refractivity contribution >= 4 is 5.69 Å². The predicted octanol–water partition coefficient (Wildman–Crippen LogP) is 5.36. The Morgan fingerprint density at radius 1 is 0.636 bits per heavy atom. The van der Waals surface area contributed by atoms with Crippen LogP contribution in [0, 0.1) is 13.8 Å². The first-order valence-electron chi connectivity index (χ1n) is 7.25. The molecule has 0 unspecified atom stereocenters. The lowest BCUT2D eigenvalue weighted by Gasteiger charge is -2.06. The highest BCUT2D eigenvalue weighted by Gasteiger charge is 1.97. The molecule has 0 radical (unpaired) electrons. The zero-order chi connectivity index (χ0) is 15.8. The molecule has 2 nitrogen and oxygen atoms in total. The molecule has 3 aromatic rings. The second-order valence-electron chi connectivity index (χ2n) is 5.15. The van der Waals surface area contributed by atoms with E-state index in [0.29, 0.717) is 5.69 Å². The molecule has 0 aliphatic heterocycles. The van der Waals surface area contributed by atoms with Crippen molar-refractivity contribution in [2.24, 2.45) is 0 Å². The van der Waals surface area contributed by atoms with Crippen molar-refractivity contribution in [3.05, 3.63) is 90.0 Å². The van der Waals surface area contributed by atoms with E-state index in [1.54, 1.807) is 0 Å². The molecule has 0 aliphatic carbocycles. The second-order valence-corrected chi connectivity index (χ2v) is 5.15. The Hall–Kier alpha value is -2.74. The molecule has 22 heavy (non-hydrogen) atoms. The molecule has 3 aromatic carbocycles. The molecular formula is C20H21NO. The number of aryl methyl sites for hydroxylation is 2. The van der Waals surface area contributed by atoms with Crippen LogP contribution in [0.25, 0.3) is 0 Å². The lowest BCUT2D eigenvalue weighted by atomic mass is 10.2. The maximum atomic E-state index is 5.66. The zero-order valence-electron chi connectivity index (χ0n) is 13.0. The third kappa shape index (κ3) is 5.33. The van der Waals surface area contributed by atoms with E-state index in [-0.39, 0.29) is 0 Å². The van der Waals surface area contributed by atoms with Crippen LogP contribution in [0.2, 0.25) is 0 Å². The maximum Gasteiger partial charge on any atom is 0.129 e. The molecule has 0 saturated carbocycles. The molecular weight excluding hydrogens is 270 g/mol. The van der Waals surface area contributed by atoms with Gasteiger partial charge in [0.15, 0.2) is 0 Å². The highest BCUT2D eigenvalue weighted by molar-refractivity contribution is 5.45. The van der Waals surface area contributed by atoms with Gasteiger partial charge >= 0.3 is 0 Å². The number of nitrogens with two attached hydrogens (primary N) is 1. The normalized spacial score (nSPS) is 9.55. The fourth-order valence-electron chi connectivity index (χ4n) is 1.93. The molecule has 0 spiro atoms. The molecule has 0 saturated heterocycles. The van der Waals surface area contributed by atoms with Gasteiger partial charge < -0.3 is 10.5 Å². The number of rotatable bonds is 2. The van der Waals surface area contributed by atoms with Gasteiger partial charge in [-0.05, 0) is 43.7 Å². The molecule has 112 valence electrons.